The van der Waals surface area contributed by atoms with Gasteiger partial charge in [-0.3, -0.25) is 4.79 Å². The summed E-state index contributed by atoms with van der Waals surface area (Å²) in [5, 5.41) is 8.61. The Morgan fingerprint density at radius 3 is 2.86 bits per heavy atom. The molecule has 1 aliphatic rings. The summed E-state index contributed by atoms with van der Waals surface area (Å²) in [6, 6.07) is 10.3. The molecule has 0 aliphatic carbocycles. The van der Waals surface area contributed by atoms with Crippen molar-refractivity contribution < 1.29 is 14.6 Å². The predicted octanol–water partition coefficient (Wildman–Crippen LogP) is 2.78. The maximum absolute atomic E-state index is 10.5. The number of nitrogens with zero attached hydrogens (tertiary/aromatic N) is 1. The van der Waals surface area contributed by atoms with Crippen molar-refractivity contribution in [3.8, 4) is 0 Å². The van der Waals surface area contributed by atoms with E-state index in [9.17, 15) is 4.79 Å². The van der Waals surface area contributed by atoms with Crippen LogP contribution < -0.4 is 0 Å². The van der Waals surface area contributed by atoms with Gasteiger partial charge in [0.15, 0.2) is 0 Å². The van der Waals surface area contributed by atoms with Crippen LogP contribution >= 0.6 is 0 Å². The van der Waals surface area contributed by atoms with Gasteiger partial charge >= 0.3 is 5.97 Å². The van der Waals surface area contributed by atoms with Gasteiger partial charge in [-0.15, -0.1) is 0 Å². The summed E-state index contributed by atoms with van der Waals surface area (Å²) in [5.74, 6) is -0.0724. The maximum Gasteiger partial charge on any atom is 0.303 e. The Hall–Kier alpha value is -1.39. The maximum atomic E-state index is 10.5. The van der Waals surface area contributed by atoms with Crippen LogP contribution in [-0.4, -0.2) is 42.2 Å². The molecule has 0 amide bonds. The van der Waals surface area contributed by atoms with E-state index in [4.69, 9.17) is 9.84 Å². The van der Waals surface area contributed by atoms with Crippen LogP contribution in [0, 0.1) is 5.92 Å². The molecule has 1 heterocycles. The summed E-state index contributed by atoms with van der Waals surface area (Å²) >= 11 is 0. The molecular weight excluding hydrogens is 266 g/mol. The normalized spacial score (nSPS) is 19.0. The number of hydrogen-bond donors (Lipinski definition) is 1. The Balaban J connectivity index is 1.54. The standard InChI is InChI=1S/C17H25NO3/c19-17(20)8-4-5-10-18-11-9-16(12-18)14-21-13-15-6-2-1-3-7-15/h1-3,6-7,16H,4-5,8-14H2,(H,19,20). The summed E-state index contributed by atoms with van der Waals surface area (Å²) in [6.07, 6.45) is 3.23. The van der Waals surface area contributed by atoms with Crippen LogP contribution in [0.5, 0.6) is 0 Å². The van der Waals surface area contributed by atoms with E-state index in [0.717, 1.165) is 39.1 Å². The zero-order valence-corrected chi connectivity index (χ0v) is 12.5. The number of aliphatic carboxylic acids is 1. The van der Waals surface area contributed by atoms with Crippen molar-refractivity contribution >= 4 is 5.97 Å². The molecule has 4 heteroatoms. The van der Waals surface area contributed by atoms with Gasteiger partial charge in [0.25, 0.3) is 0 Å². The SMILES string of the molecule is O=C(O)CCCCN1CCC(COCc2ccccc2)C1. The Kier molecular flexibility index (Phi) is 6.70. The van der Waals surface area contributed by atoms with Gasteiger partial charge in [-0.2, -0.15) is 0 Å². The van der Waals surface area contributed by atoms with E-state index in [1.807, 2.05) is 18.2 Å². The lowest BCUT2D eigenvalue weighted by atomic mass is 10.1. The van der Waals surface area contributed by atoms with Crippen LogP contribution in [0.1, 0.15) is 31.2 Å². The molecule has 0 spiro atoms. The van der Waals surface area contributed by atoms with Gasteiger partial charge in [-0.25, -0.2) is 0 Å². The first-order valence-corrected chi connectivity index (χ1v) is 7.80. The third-order valence-corrected chi connectivity index (χ3v) is 3.95. The molecule has 0 aromatic heterocycles. The van der Waals surface area contributed by atoms with Gasteiger partial charge in [0.05, 0.1) is 13.2 Å². The second-order valence-electron chi connectivity index (χ2n) is 5.81. The molecule has 0 saturated carbocycles. The van der Waals surface area contributed by atoms with Crippen molar-refractivity contribution in [2.45, 2.75) is 32.3 Å². The minimum atomic E-state index is -0.691. The number of carboxylic acid groups (broad SMARTS) is 1. The average Bonchev–Trinajstić information content (AvgIpc) is 2.92. The van der Waals surface area contributed by atoms with Gasteiger partial charge < -0.3 is 14.7 Å². The summed E-state index contributed by atoms with van der Waals surface area (Å²) in [4.78, 5) is 12.9. The van der Waals surface area contributed by atoms with Gasteiger partial charge in [-0.05, 0) is 43.8 Å². The van der Waals surface area contributed by atoms with E-state index < -0.39 is 5.97 Å². The third-order valence-electron chi connectivity index (χ3n) is 3.95. The van der Waals surface area contributed by atoms with Crippen molar-refractivity contribution in [2.24, 2.45) is 5.92 Å². The number of carboxylic acids is 1. The first kappa shape index (κ1) is 16.0. The quantitative estimate of drug-likeness (QED) is 0.711. The van der Waals surface area contributed by atoms with E-state index >= 15 is 0 Å². The summed E-state index contributed by atoms with van der Waals surface area (Å²) in [6.45, 7) is 4.73. The molecule has 2 rings (SSSR count). The predicted molar refractivity (Wildman–Crippen MR) is 82.1 cm³/mol. The Labute approximate surface area is 126 Å². The molecule has 1 aliphatic heterocycles. The lowest BCUT2D eigenvalue weighted by molar-refractivity contribution is -0.137. The molecule has 1 fully saturated rings. The van der Waals surface area contributed by atoms with Gasteiger partial charge in [0.1, 0.15) is 0 Å². The lowest BCUT2D eigenvalue weighted by Crippen LogP contribution is -2.23. The first-order chi connectivity index (χ1) is 10.2. The van der Waals surface area contributed by atoms with Crippen molar-refractivity contribution in [3.63, 3.8) is 0 Å². The molecule has 116 valence electrons. The average molecular weight is 291 g/mol. The highest BCUT2D eigenvalue weighted by molar-refractivity contribution is 5.66. The number of unbranched alkanes of at least 4 members (excludes halogenated alkanes) is 1. The van der Waals surface area contributed by atoms with Gasteiger partial charge in [0, 0.05) is 13.0 Å². The molecule has 1 aromatic carbocycles. The molecule has 1 aromatic rings. The molecule has 21 heavy (non-hydrogen) atoms. The molecule has 1 N–H and O–H groups in total. The van der Waals surface area contributed by atoms with E-state index in [-0.39, 0.29) is 6.42 Å². The van der Waals surface area contributed by atoms with Crippen LogP contribution in [0.4, 0.5) is 0 Å². The molecule has 1 unspecified atom stereocenters. The van der Waals surface area contributed by atoms with Crippen molar-refractivity contribution in [2.75, 3.05) is 26.2 Å². The highest BCUT2D eigenvalue weighted by Crippen LogP contribution is 2.17. The van der Waals surface area contributed by atoms with Crippen LogP contribution in [-0.2, 0) is 16.1 Å². The van der Waals surface area contributed by atoms with Crippen LogP contribution in [0.25, 0.3) is 0 Å². The van der Waals surface area contributed by atoms with Gasteiger partial charge in [-0.1, -0.05) is 30.3 Å². The molecule has 1 saturated heterocycles. The molecule has 4 nitrogen and oxygen atoms in total. The van der Waals surface area contributed by atoms with Crippen molar-refractivity contribution in [1.82, 2.24) is 4.90 Å². The van der Waals surface area contributed by atoms with Crippen molar-refractivity contribution in [3.05, 3.63) is 35.9 Å². The Bertz CT molecular complexity index is 421. The number of ether oxygens (including phenoxy) is 1. The van der Waals surface area contributed by atoms with Gasteiger partial charge in [0.2, 0.25) is 0 Å². The second-order valence-corrected chi connectivity index (χ2v) is 5.81. The summed E-state index contributed by atoms with van der Waals surface area (Å²) < 4.78 is 5.80. The van der Waals surface area contributed by atoms with Crippen LogP contribution in [0.15, 0.2) is 30.3 Å². The van der Waals surface area contributed by atoms with E-state index in [2.05, 4.69) is 17.0 Å². The number of rotatable bonds is 9. The minimum absolute atomic E-state index is 0.289. The molecular formula is C17H25NO3. The molecule has 0 bridgehead atoms. The van der Waals surface area contributed by atoms with E-state index in [1.54, 1.807) is 0 Å². The zero-order valence-electron chi connectivity index (χ0n) is 12.5. The van der Waals surface area contributed by atoms with Crippen molar-refractivity contribution in [1.29, 1.82) is 0 Å². The first-order valence-electron chi connectivity index (χ1n) is 7.80. The van der Waals surface area contributed by atoms with E-state index in [1.165, 1.54) is 12.0 Å². The number of hydrogen-bond acceptors (Lipinski definition) is 3. The topological polar surface area (TPSA) is 49.8 Å². The monoisotopic (exact) mass is 291 g/mol. The fourth-order valence-corrected chi connectivity index (χ4v) is 2.78. The minimum Gasteiger partial charge on any atom is -0.481 e. The Morgan fingerprint density at radius 2 is 2.10 bits per heavy atom. The highest BCUT2D eigenvalue weighted by Gasteiger charge is 2.21. The summed E-state index contributed by atoms with van der Waals surface area (Å²) in [7, 11) is 0. The smallest absolute Gasteiger partial charge is 0.303 e. The number of carbonyl (C=O) groups is 1. The zero-order chi connectivity index (χ0) is 14.9. The number of likely N-dealkylation sites (tertiary alicyclic amines) is 1. The lowest BCUT2D eigenvalue weighted by Gasteiger charge is -2.15. The third kappa shape index (κ3) is 6.27. The fraction of sp³-hybridized carbons (Fsp3) is 0.588. The summed E-state index contributed by atoms with van der Waals surface area (Å²) in [5.41, 5.74) is 1.22. The van der Waals surface area contributed by atoms with E-state index in [0.29, 0.717) is 12.5 Å². The molecule has 0 radical (unpaired) electrons. The van der Waals surface area contributed by atoms with Crippen LogP contribution in [0.3, 0.4) is 0 Å². The molecule has 1 atom stereocenters. The highest BCUT2D eigenvalue weighted by atomic mass is 16.5. The fourth-order valence-electron chi connectivity index (χ4n) is 2.78. The Morgan fingerprint density at radius 1 is 1.29 bits per heavy atom. The largest absolute Gasteiger partial charge is 0.481 e. The number of benzene rings is 1. The van der Waals surface area contributed by atoms with Crippen LogP contribution in [0.2, 0.25) is 0 Å². The second kappa shape index (κ2) is 8.80.